The first kappa shape index (κ1) is 18.8. The zero-order valence-electron chi connectivity index (χ0n) is 14.6. The third-order valence-electron chi connectivity index (χ3n) is 3.60. The highest BCUT2D eigenvalue weighted by atomic mass is 35.5. The fraction of sp³-hybridized carbons (Fsp3) is 0.444. The molecule has 0 aliphatic rings. The molecule has 0 aliphatic carbocycles. The van der Waals surface area contributed by atoms with Crippen LogP contribution in [0, 0.1) is 5.41 Å². The van der Waals surface area contributed by atoms with E-state index in [-0.39, 0.29) is 11.3 Å². The van der Waals surface area contributed by atoms with Crippen LogP contribution in [0.1, 0.15) is 40.3 Å². The largest absolute Gasteiger partial charge is 0.407 e. The van der Waals surface area contributed by atoms with Crippen molar-refractivity contribution < 1.29 is 9.53 Å². The number of alkyl halides is 1. The summed E-state index contributed by atoms with van der Waals surface area (Å²) in [4.78, 5) is 12.4. The summed E-state index contributed by atoms with van der Waals surface area (Å²) in [6.45, 7) is 9.65. The van der Waals surface area contributed by atoms with Crippen LogP contribution in [0.3, 0.4) is 0 Å². The molecule has 2 aromatic rings. The summed E-state index contributed by atoms with van der Waals surface area (Å²) in [7, 11) is 0. The molecular weight excluding hydrogens is 347 g/mol. The van der Waals surface area contributed by atoms with Gasteiger partial charge in [-0.3, -0.25) is 4.79 Å². The van der Waals surface area contributed by atoms with E-state index in [1.807, 2.05) is 12.1 Å². The normalized spacial score (nSPS) is 12.3. The van der Waals surface area contributed by atoms with Crippen molar-refractivity contribution in [3.63, 3.8) is 0 Å². The number of hydrogen-bond acceptors (Lipinski definition) is 3. The number of halogens is 2. The van der Waals surface area contributed by atoms with E-state index in [2.05, 4.69) is 25.9 Å². The Kier molecular flexibility index (Phi) is 5.31. The first-order valence-corrected chi connectivity index (χ1v) is 8.60. The first-order valence-electron chi connectivity index (χ1n) is 7.69. The number of aromatic nitrogens is 2. The molecule has 0 atom stereocenters. The van der Waals surface area contributed by atoms with Crippen LogP contribution >= 0.6 is 23.2 Å². The molecule has 0 bridgehead atoms. The zero-order valence-corrected chi connectivity index (χ0v) is 16.1. The third-order valence-corrected chi connectivity index (χ3v) is 4.52. The van der Waals surface area contributed by atoms with Gasteiger partial charge in [-0.05, 0) is 38.1 Å². The Morgan fingerprint density at radius 1 is 1.17 bits per heavy atom. The standard InChI is InChI=1S/C18H22Cl2N2O2/c1-17(2,3)14-10-15(24-16(23)18(4,5)11-19)22(21-14)13-8-6-12(20)7-9-13/h6-10H,11H2,1-5H3. The number of rotatable bonds is 4. The van der Waals surface area contributed by atoms with Crippen LogP contribution in [0.4, 0.5) is 0 Å². The summed E-state index contributed by atoms with van der Waals surface area (Å²) in [5, 5.41) is 5.23. The van der Waals surface area contributed by atoms with Crippen molar-refractivity contribution in [3.8, 4) is 11.6 Å². The maximum atomic E-state index is 12.4. The molecule has 1 aromatic heterocycles. The predicted molar refractivity (Wildman–Crippen MR) is 97.4 cm³/mol. The average Bonchev–Trinajstić information content (AvgIpc) is 2.92. The van der Waals surface area contributed by atoms with Crippen LogP contribution in [0.2, 0.25) is 5.02 Å². The van der Waals surface area contributed by atoms with Gasteiger partial charge in [0.05, 0.1) is 16.8 Å². The van der Waals surface area contributed by atoms with Crippen molar-refractivity contribution in [3.05, 3.63) is 41.0 Å². The molecule has 2 rings (SSSR count). The van der Waals surface area contributed by atoms with Crippen molar-refractivity contribution in [1.29, 1.82) is 0 Å². The molecule has 6 heteroatoms. The maximum absolute atomic E-state index is 12.4. The van der Waals surface area contributed by atoms with E-state index in [1.54, 1.807) is 36.7 Å². The lowest BCUT2D eigenvalue weighted by molar-refractivity contribution is -0.143. The molecule has 0 N–H and O–H groups in total. The molecule has 1 heterocycles. The minimum atomic E-state index is -0.779. The first-order chi connectivity index (χ1) is 11.0. The van der Waals surface area contributed by atoms with E-state index < -0.39 is 11.4 Å². The van der Waals surface area contributed by atoms with Gasteiger partial charge in [-0.15, -0.1) is 11.6 Å². The second-order valence-electron chi connectivity index (χ2n) is 7.41. The minimum absolute atomic E-state index is 0.174. The number of carbonyl (C=O) groups excluding carboxylic acids is 1. The predicted octanol–water partition coefficient (Wildman–Crippen LogP) is 4.99. The molecule has 24 heavy (non-hydrogen) atoms. The lowest BCUT2D eigenvalue weighted by Crippen LogP contribution is -2.31. The molecule has 130 valence electrons. The Labute approximate surface area is 152 Å². The van der Waals surface area contributed by atoms with Gasteiger partial charge in [0.2, 0.25) is 5.88 Å². The second kappa shape index (κ2) is 6.77. The van der Waals surface area contributed by atoms with Gasteiger partial charge in [0, 0.05) is 22.4 Å². The van der Waals surface area contributed by atoms with E-state index in [9.17, 15) is 4.79 Å². The molecule has 0 radical (unpaired) electrons. The van der Waals surface area contributed by atoms with Crippen LogP contribution in [-0.2, 0) is 10.2 Å². The molecule has 0 saturated carbocycles. The molecule has 0 saturated heterocycles. The highest BCUT2D eigenvalue weighted by Crippen LogP contribution is 2.30. The van der Waals surface area contributed by atoms with Crippen molar-refractivity contribution >= 4 is 29.2 Å². The van der Waals surface area contributed by atoms with Gasteiger partial charge < -0.3 is 4.74 Å². The molecule has 4 nitrogen and oxygen atoms in total. The fourth-order valence-electron chi connectivity index (χ4n) is 1.86. The zero-order chi connectivity index (χ0) is 18.1. The Hall–Kier alpha value is -1.52. The van der Waals surface area contributed by atoms with Gasteiger partial charge in [-0.1, -0.05) is 32.4 Å². The van der Waals surface area contributed by atoms with Gasteiger partial charge in [0.25, 0.3) is 0 Å². The number of ether oxygens (including phenoxy) is 1. The lowest BCUT2D eigenvalue weighted by Gasteiger charge is -2.19. The number of carbonyl (C=O) groups is 1. The topological polar surface area (TPSA) is 44.1 Å². The van der Waals surface area contributed by atoms with Crippen LogP contribution in [0.15, 0.2) is 30.3 Å². The van der Waals surface area contributed by atoms with Crippen LogP contribution in [0.25, 0.3) is 5.69 Å². The maximum Gasteiger partial charge on any atom is 0.319 e. The van der Waals surface area contributed by atoms with Crippen molar-refractivity contribution in [1.82, 2.24) is 9.78 Å². The van der Waals surface area contributed by atoms with E-state index >= 15 is 0 Å². The molecule has 1 aromatic carbocycles. The summed E-state index contributed by atoms with van der Waals surface area (Å²) in [5.41, 5.74) is 0.629. The quantitative estimate of drug-likeness (QED) is 0.563. The summed E-state index contributed by atoms with van der Waals surface area (Å²) < 4.78 is 7.22. The van der Waals surface area contributed by atoms with Gasteiger partial charge >= 0.3 is 5.97 Å². The Morgan fingerprint density at radius 3 is 2.25 bits per heavy atom. The summed E-state index contributed by atoms with van der Waals surface area (Å²) in [6.07, 6.45) is 0. The summed E-state index contributed by atoms with van der Waals surface area (Å²) in [6, 6.07) is 8.97. The smallest absolute Gasteiger partial charge is 0.319 e. The average molecular weight is 369 g/mol. The highest BCUT2D eigenvalue weighted by molar-refractivity contribution is 6.30. The van der Waals surface area contributed by atoms with Crippen molar-refractivity contribution in [2.45, 2.75) is 40.0 Å². The molecular formula is C18H22Cl2N2O2. The van der Waals surface area contributed by atoms with Gasteiger partial charge in [0.1, 0.15) is 0 Å². The Bertz CT molecular complexity index is 728. The van der Waals surface area contributed by atoms with Gasteiger partial charge in [-0.2, -0.15) is 5.10 Å². The summed E-state index contributed by atoms with van der Waals surface area (Å²) >= 11 is 11.8. The van der Waals surface area contributed by atoms with Crippen LogP contribution < -0.4 is 4.74 Å². The van der Waals surface area contributed by atoms with Gasteiger partial charge in [0.15, 0.2) is 0 Å². The Morgan fingerprint density at radius 2 is 1.75 bits per heavy atom. The van der Waals surface area contributed by atoms with E-state index in [4.69, 9.17) is 27.9 Å². The van der Waals surface area contributed by atoms with Crippen LogP contribution in [0.5, 0.6) is 5.88 Å². The number of esters is 1. The van der Waals surface area contributed by atoms with Gasteiger partial charge in [-0.25, -0.2) is 4.68 Å². The van der Waals surface area contributed by atoms with Crippen molar-refractivity contribution in [2.75, 3.05) is 5.88 Å². The number of nitrogens with zero attached hydrogens (tertiary/aromatic N) is 2. The van der Waals surface area contributed by atoms with E-state index in [1.165, 1.54) is 0 Å². The van der Waals surface area contributed by atoms with E-state index in [0.29, 0.717) is 10.9 Å². The highest BCUT2D eigenvalue weighted by Gasteiger charge is 2.31. The molecule has 0 fully saturated rings. The van der Waals surface area contributed by atoms with E-state index in [0.717, 1.165) is 11.4 Å². The van der Waals surface area contributed by atoms with Crippen LogP contribution in [-0.4, -0.2) is 21.6 Å². The number of hydrogen-bond donors (Lipinski definition) is 0. The molecule has 0 amide bonds. The lowest BCUT2D eigenvalue weighted by atomic mass is 9.92. The monoisotopic (exact) mass is 368 g/mol. The third kappa shape index (κ3) is 4.11. The minimum Gasteiger partial charge on any atom is -0.407 e. The molecule has 0 aliphatic heterocycles. The second-order valence-corrected chi connectivity index (χ2v) is 8.12. The Balaban J connectivity index is 2.47. The SMILES string of the molecule is CC(C)(CCl)C(=O)Oc1cc(C(C)(C)C)nn1-c1ccc(Cl)cc1. The molecule has 0 unspecified atom stereocenters. The number of benzene rings is 1. The fourth-order valence-corrected chi connectivity index (χ4v) is 2.09. The molecule has 0 spiro atoms. The van der Waals surface area contributed by atoms with Crippen molar-refractivity contribution in [2.24, 2.45) is 5.41 Å². The summed E-state index contributed by atoms with van der Waals surface area (Å²) in [5.74, 6) is 0.144.